The molecule has 0 bridgehead atoms. The van der Waals surface area contributed by atoms with Crippen LogP contribution in [0.2, 0.25) is 0 Å². The summed E-state index contributed by atoms with van der Waals surface area (Å²) in [5.74, 6) is -0.377. The van der Waals surface area contributed by atoms with Gasteiger partial charge in [0.15, 0.2) is 0 Å². The third-order valence-corrected chi connectivity index (χ3v) is 3.64. The molecule has 2 rings (SSSR count). The van der Waals surface area contributed by atoms with Gasteiger partial charge in [0.2, 0.25) is 5.91 Å². The Morgan fingerprint density at radius 2 is 2.44 bits per heavy atom. The summed E-state index contributed by atoms with van der Waals surface area (Å²) in [6.07, 6.45) is 3.61. The Morgan fingerprint density at radius 3 is 3.06 bits per heavy atom. The number of rotatable bonds is 5. The molecule has 0 radical (unpaired) electrons. The number of nitrogens with two attached hydrogens (primary N) is 1. The quantitative estimate of drug-likeness (QED) is 0.866. The van der Waals surface area contributed by atoms with E-state index in [0.29, 0.717) is 12.1 Å². The highest BCUT2D eigenvalue weighted by Crippen LogP contribution is 2.16. The number of thiophene rings is 1. The minimum absolute atomic E-state index is 0.220. The first-order valence-corrected chi connectivity index (χ1v) is 6.55. The number of nitrogens with zero attached hydrogens (tertiary/aromatic N) is 1. The maximum Gasteiger partial charge on any atom is 0.249 e. The molecule has 0 unspecified atom stereocenters. The molecular weight excluding hydrogens is 246 g/mol. The van der Waals surface area contributed by atoms with Gasteiger partial charge in [0, 0.05) is 35.2 Å². The first kappa shape index (κ1) is 12.7. The number of aromatic nitrogens is 1. The summed E-state index contributed by atoms with van der Waals surface area (Å²) in [7, 11) is 0. The minimum Gasteiger partial charge on any atom is -0.366 e. The van der Waals surface area contributed by atoms with E-state index in [-0.39, 0.29) is 11.9 Å². The summed E-state index contributed by atoms with van der Waals surface area (Å²) in [5.41, 5.74) is 6.93. The van der Waals surface area contributed by atoms with Crippen molar-refractivity contribution >= 4 is 17.2 Å². The molecule has 1 atom stereocenters. The van der Waals surface area contributed by atoms with Crippen molar-refractivity contribution in [1.82, 2.24) is 10.3 Å². The van der Waals surface area contributed by atoms with Crippen LogP contribution in [0, 0.1) is 0 Å². The summed E-state index contributed by atoms with van der Waals surface area (Å²) in [5, 5.41) is 5.17. The largest absolute Gasteiger partial charge is 0.366 e. The van der Waals surface area contributed by atoms with Gasteiger partial charge in [0.1, 0.15) is 0 Å². The molecule has 4 nitrogen and oxygen atoms in total. The van der Waals surface area contributed by atoms with E-state index in [0.717, 1.165) is 10.4 Å². The highest BCUT2D eigenvalue weighted by molar-refractivity contribution is 7.10. The molecule has 18 heavy (non-hydrogen) atoms. The SMILES string of the molecule is C[C@@H](NCc1cc(C(N)=O)cs1)c1cccnc1. The fraction of sp³-hybridized carbons (Fsp3) is 0.231. The molecular formula is C13H15N3OS. The molecule has 0 saturated heterocycles. The lowest BCUT2D eigenvalue weighted by Gasteiger charge is -2.12. The third-order valence-electron chi connectivity index (χ3n) is 2.71. The summed E-state index contributed by atoms with van der Waals surface area (Å²) in [6.45, 7) is 2.80. The molecule has 0 spiro atoms. The van der Waals surface area contributed by atoms with Crippen molar-refractivity contribution in [3.05, 3.63) is 52.0 Å². The van der Waals surface area contributed by atoms with Crippen molar-refractivity contribution in [3.8, 4) is 0 Å². The fourth-order valence-corrected chi connectivity index (χ4v) is 2.43. The Morgan fingerprint density at radius 1 is 1.61 bits per heavy atom. The molecule has 0 aliphatic carbocycles. The van der Waals surface area contributed by atoms with Gasteiger partial charge in [-0.3, -0.25) is 9.78 Å². The first-order valence-electron chi connectivity index (χ1n) is 5.67. The monoisotopic (exact) mass is 261 g/mol. The molecule has 1 amide bonds. The van der Waals surface area contributed by atoms with Crippen molar-refractivity contribution in [2.45, 2.75) is 19.5 Å². The van der Waals surface area contributed by atoms with E-state index in [1.54, 1.807) is 11.6 Å². The Kier molecular flexibility index (Phi) is 4.07. The van der Waals surface area contributed by atoms with Crippen molar-refractivity contribution in [1.29, 1.82) is 0 Å². The molecule has 3 N–H and O–H groups in total. The summed E-state index contributed by atoms with van der Waals surface area (Å²) in [4.78, 5) is 16.2. The van der Waals surface area contributed by atoms with Gasteiger partial charge in [-0.05, 0) is 24.6 Å². The highest BCUT2D eigenvalue weighted by atomic mass is 32.1. The smallest absolute Gasteiger partial charge is 0.249 e. The molecule has 0 aromatic carbocycles. The topological polar surface area (TPSA) is 68.0 Å². The Labute approximate surface area is 110 Å². The van der Waals surface area contributed by atoms with Crippen LogP contribution in [0.15, 0.2) is 36.0 Å². The number of nitrogens with one attached hydrogen (secondary N) is 1. The molecule has 2 heterocycles. The summed E-state index contributed by atoms with van der Waals surface area (Å²) in [6, 6.07) is 6.01. The van der Waals surface area contributed by atoms with Gasteiger partial charge in [-0.15, -0.1) is 11.3 Å². The van der Waals surface area contributed by atoms with Gasteiger partial charge in [-0.25, -0.2) is 0 Å². The lowest BCUT2D eigenvalue weighted by Crippen LogP contribution is -2.17. The zero-order valence-electron chi connectivity index (χ0n) is 10.1. The number of primary amides is 1. The van der Waals surface area contributed by atoms with Crippen LogP contribution in [-0.2, 0) is 6.54 Å². The van der Waals surface area contributed by atoms with E-state index in [9.17, 15) is 4.79 Å². The molecule has 94 valence electrons. The number of amides is 1. The maximum absolute atomic E-state index is 11.0. The van der Waals surface area contributed by atoms with Crippen LogP contribution in [0.5, 0.6) is 0 Å². The predicted octanol–water partition coefficient (Wildman–Crippen LogP) is 2.09. The normalized spacial score (nSPS) is 12.3. The lowest BCUT2D eigenvalue weighted by atomic mass is 10.1. The van der Waals surface area contributed by atoms with Gasteiger partial charge in [0.25, 0.3) is 0 Å². The van der Waals surface area contributed by atoms with E-state index < -0.39 is 0 Å². The number of carbonyl (C=O) groups is 1. The highest BCUT2D eigenvalue weighted by Gasteiger charge is 2.07. The fourth-order valence-electron chi connectivity index (χ4n) is 1.61. The van der Waals surface area contributed by atoms with Crippen LogP contribution in [-0.4, -0.2) is 10.9 Å². The lowest BCUT2D eigenvalue weighted by molar-refractivity contribution is 0.100. The number of hydrogen-bond acceptors (Lipinski definition) is 4. The Hall–Kier alpha value is -1.72. The first-order chi connectivity index (χ1) is 8.66. The van der Waals surface area contributed by atoms with Crippen LogP contribution < -0.4 is 11.1 Å². The van der Waals surface area contributed by atoms with Crippen molar-refractivity contribution < 1.29 is 4.79 Å². The minimum atomic E-state index is -0.377. The molecule has 0 aliphatic rings. The second-order valence-electron chi connectivity index (χ2n) is 4.05. The predicted molar refractivity (Wildman–Crippen MR) is 72.3 cm³/mol. The van der Waals surface area contributed by atoms with Gasteiger partial charge < -0.3 is 11.1 Å². The standard InChI is InChI=1S/C13H15N3OS/c1-9(10-3-2-4-15-6-10)16-7-12-5-11(8-18-12)13(14)17/h2-6,8-9,16H,7H2,1H3,(H2,14,17)/t9-/m1/s1. The Bertz CT molecular complexity index is 524. The van der Waals surface area contributed by atoms with E-state index >= 15 is 0 Å². The van der Waals surface area contributed by atoms with Crippen LogP contribution >= 0.6 is 11.3 Å². The average molecular weight is 261 g/mol. The summed E-state index contributed by atoms with van der Waals surface area (Å²) < 4.78 is 0. The molecule has 0 aliphatic heterocycles. The number of hydrogen-bond donors (Lipinski definition) is 2. The third kappa shape index (κ3) is 3.15. The van der Waals surface area contributed by atoms with Crippen LogP contribution in [0.1, 0.15) is 33.8 Å². The average Bonchev–Trinajstić information content (AvgIpc) is 2.86. The van der Waals surface area contributed by atoms with Crippen molar-refractivity contribution in [2.24, 2.45) is 5.73 Å². The molecule has 0 fully saturated rings. The van der Waals surface area contributed by atoms with Gasteiger partial charge in [-0.1, -0.05) is 6.07 Å². The zero-order valence-corrected chi connectivity index (χ0v) is 10.9. The Balaban J connectivity index is 1.93. The number of carbonyl (C=O) groups excluding carboxylic acids is 1. The van der Waals surface area contributed by atoms with Gasteiger partial charge in [-0.2, -0.15) is 0 Å². The van der Waals surface area contributed by atoms with E-state index in [1.807, 2.05) is 24.4 Å². The molecule has 5 heteroatoms. The second-order valence-corrected chi connectivity index (χ2v) is 5.05. The van der Waals surface area contributed by atoms with Crippen LogP contribution in [0.25, 0.3) is 0 Å². The van der Waals surface area contributed by atoms with Crippen LogP contribution in [0.4, 0.5) is 0 Å². The van der Waals surface area contributed by atoms with Gasteiger partial charge in [0.05, 0.1) is 5.56 Å². The molecule has 2 aromatic rings. The number of pyridine rings is 1. The van der Waals surface area contributed by atoms with Crippen molar-refractivity contribution in [3.63, 3.8) is 0 Å². The van der Waals surface area contributed by atoms with E-state index in [2.05, 4.69) is 17.2 Å². The van der Waals surface area contributed by atoms with Crippen molar-refractivity contribution in [2.75, 3.05) is 0 Å². The maximum atomic E-state index is 11.0. The van der Waals surface area contributed by atoms with Gasteiger partial charge >= 0.3 is 0 Å². The molecule has 0 saturated carbocycles. The zero-order chi connectivity index (χ0) is 13.0. The molecule has 2 aromatic heterocycles. The summed E-state index contributed by atoms with van der Waals surface area (Å²) >= 11 is 1.54. The van der Waals surface area contributed by atoms with E-state index in [4.69, 9.17) is 5.73 Å². The van der Waals surface area contributed by atoms with Crippen LogP contribution in [0.3, 0.4) is 0 Å². The van der Waals surface area contributed by atoms with E-state index in [1.165, 1.54) is 11.3 Å². The second kappa shape index (κ2) is 5.75.